The molecule has 0 fully saturated rings. The standard InChI is InChI=1S/C18H32N8O9/c1-7(27)13(20)16(33)25-9(6-12(29)30)15(32)24-8(3-2-4-23-18(21)22)14(31)26-10(17(34)35)5-11(19)28/h7-10,13,27H,2-6,20H2,1H3,(H2,19,28)(H,24,32)(H,25,33)(H,26,31)(H,29,30)(H,34,35)(H4,21,22,23). The number of aliphatic carboxylic acids is 2. The summed E-state index contributed by atoms with van der Waals surface area (Å²) in [5.74, 6) is -7.45. The predicted octanol–water partition coefficient (Wildman–Crippen LogP) is -5.36. The van der Waals surface area contributed by atoms with Gasteiger partial charge in [0.05, 0.1) is 18.9 Å². The minimum atomic E-state index is -1.70. The number of aliphatic imine (C=N–C) groups is 1. The van der Waals surface area contributed by atoms with Gasteiger partial charge in [-0.25, -0.2) is 4.79 Å². The van der Waals surface area contributed by atoms with E-state index in [1.54, 1.807) is 0 Å². The van der Waals surface area contributed by atoms with Gasteiger partial charge in [-0.1, -0.05) is 0 Å². The molecule has 0 saturated carbocycles. The molecule has 0 aromatic rings. The average molecular weight is 505 g/mol. The van der Waals surface area contributed by atoms with Gasteiger partial charge in [0.2, 0.25) is 23.6 Å². The van der Waals surface area contributed by atoms with Crippen LogP contribution in [0.3, 0.4) is 0 Å². The van der Waals surface area contributed by atoms with Crippen molar-refractivity contribution < 1.29 is 44.1 Å². The summed E-state index contributed by atoms with van der Waals surface area (Å²) in [5, 5.41) is 34.1. The fourth-order valence-electron chi connectivity index (χ4n) is 2.59. The minimum Gasteiger partial charge on any atom is -0.481 e. The Hall–Kier alpha value is -3.99. The number of carbonyl (C=O) groups excluding carboxylic acids is 4. The lowest BCUT2D eigenvalue weighted by Crippen LogP contribution is -2.58. The molecular weight excluding hydrogens is 472 g/mol. The predicted molar refractivity (Wildman–Crippen MR) is 119 cm³/mol. The van der Waals surface area contributed by atoms with Crippen molar-refractivity contribution in [1.29, 1.82) is 0 Å². The molecule has 4 amide bonds. The summed E-state index contributed by atoms with van der Waals surface area (Å²) in [7, 11) is 0. The van der Waals surface area contributed by atoms with E-state index in [-0.39, 0.29) is 25.3 Å². The third kappa shape index (κ3) is 12.7. The van der Waals surface area contributed by atoms with E-state index in [1.165, 1.54) is 6.92 Å². The number of primary amides is 1. The summed E-state index contributed by atoms with van der Waals surface area (Å²) in [4.78, 5) is 74.8. The van der Waals surface area contributed by atoms with Crippen molar-refractivity contribution in [2.24, 2.45) is 27.9 Å². The lowest BCUT2D eigenvalue weighted by atomic mass is 10.1. The van der Waals surface area contributed by atoms with Gasteiger partial charge in [0.25, 0.3) is 0 Å². The van der Waals surface area contributed by atoms with Gasteiger partial charge in [0, 0.05) is 6.54 Å². The fraction of sp³-hybridized carbons (Fsp3) is 0.611. The molecule has 35 heavy (non-hydrogen) atoms. The van der Waals surface area contributed by atoms with E-state index in [0.717, 1.165) is 0 Å². The molecule has 198 valence electrons. The highest BCUT2D eigenvalue weighted by Crippen LogP contribution is 2.04. The van der Waals surface area contributed by atoms with Gasteiger partial charge in [-0.2, -0.15) is 0 Å². The highest BCUT2D eigenvalue weighted by molar-refractivity contribution is 5.96. The molecule has 0 rings (SSSR count). The van der Waals surface area contributed by atoms with Gasteiger partial charge in [-0.15, -0.1) is 0 Å². The third-order valence-electron chi connectivity index (χ3n) is 4.43. The van der Waals surface area contributed by atoms with E-state index in [2.05, 4.69) is 20.9 Å². The van der Waals surface area contributed by atoms with Crippen molar-refractivity contribution in [1.82, 2.24) is 16.0 Å². The third-order valence-corrected chi connectivity index (χ3v) is 4.43. The smallest absolute Gasteiger partial charge is 0.326 e. The molecule has 0 aromatic carbocycles. The maximum atomic E-state index is 12.7. The Morgan fingerprint density at radius 3 is 1.80 bits per heavy atom. The second-order valence-electron chi connectivity index (χ2n) is 7.51. The van der Waals surface area contributed by atoms with Crippen LogP contribution in [0, 0.1) is 0 Å². The molecule has 0 saturated heterocycles. The van der Waals surface area contributed by atoms with Crippen molar-refractivity contribution in [3.05, 3.63) is 0 Å². The molecule has 17 heteroatoms. The molecule has 0 spiro atoms. The number of aliphatic hydroxyl groups excluding tert-OH is 1. The van der Waals surface area contributed by atoms with E-state index < -0.39 is 78.7 Å². The second kappa shape index (κ2) is 15.0. The van der Waals surface area contributed by atoms with Crippen LogP contribution in [0.5, 0.6) is 0 Å². The SMILES string of the molecule is CC(O)C(N)C(=O)NC(CC(=O)O)C(=O)NC(CCCN=C(N)N)C(=O)NC(CC(N)=O)C(=O)O. The van der Waals surface area contributed by atoms with Gasteiger partial charge < -0.3 is 54.2 Å². The average Bonchev–Trinajstić information content (AvgIpc) is 2.72. The van der Waals surface area contributed by atoms with Gasteiger partial charge in [-0.3, -0.25) is 29.0 Å². The molecule has 0 aliphatic heterocycles. The quantitative estimate of drug-likeness (QED) is 0.0535. The maximum Gasteiger partial charge on any atom is 0.326 e. The second-order valence-corrected chi connectivity index (χ2v) is 7.51. The molecule has 14 N–H and O–H groups in total. The van der Waals surface area contributed by atoms with Crippen molar-refractivity contribution in [2.45, 2.75) is 62.9 Å². The highest BCUT2D eigenvalue weighted by Gasteiger charge is 2.32. The van der Waals surface area contributed by atoms with Crippen LogP contribution in [0.2, 0.25) is 0 Å². The Morgan fingerprint density at radius 2 is 1.34 bits per heavy atom. The summed E-state index contributed by atoms with van der Waals surface area (Å²) in [6.07, 6.45) is -2.96. The largest absolute Gasteiger partial charge is 0.481 e. The van der Waals surface area contributed by atoms with E-state index in [4.69, 9.17) is 28.0 Å². The molecular formula is C18H32N8O9. The number of nitrogens with two attached hydrogens (primary N) is 4. The van der Waals surface area contributed by atoms with E-state index >= 15 is 0 Å². The number of nitrogens with one attached hydrogen (secondary N) is 3. The van der Waals surface area contributed by atoms with Crippen LogP contribution in [0.15, 0.2) is 4.99 Å². The Labute approximate surface area is 199 Å². The number of nitrogens with zero attached hydrogens (tertiary/aromatic N) is 1. The number of carboxylic acid groups (broad SMARTS) is 2. The van der Waals surface area contributed by atoms with Crippen molar-refractivity contribution in [3.63, 3.8) is 0 Å². The summed E-state index contributed by atoms with van der Waals surface area (Å²) in [5.41, 5.74) is 20.9. The van der Waals surface area contributed by atoms with Gasteiger partial charge in [0.15, 0.2) is 5.96 Å². The number of carbonyl (C=O) groups is 6. The van der Waals surface area contributed by atoms with Crippen LogP contribution in [-0.4, -0.2) is 93.7 Å². The zero-order valence-electron chi connectivity index (χ0n) is 19.0. The zero-order chi connectivity index (χ0) is 27.3. The molecule has 0 aliphatic rings. The normalized spacial score (nSPS) is 14.8. The van der Waals surface area contributed by atoms with Crippen molar-refractivity contribution in [3.8, 4) is 0 Å². The number of rotatable bonds is 16. The Kier molecular flexibility index (Phi) is 13.3. The Morgan fingerprint density at radius 1 is 0.829 bits per heavy atom. The first-order valence-corrected chi connectivity index (χ1v) is 10.3. The fourth-order valence-corrected chi connectivity index (χ4v) is 2.59. The lowest BCUT2D eigenvalue weighted by Gasteiger charge is -2.24. The molecule has 0 aromatic heterocycles. The Balaban J connectivity index is 5.68. The summed E-state index contributed by atoms with van der Waals surface area (Å²) < 4.78 is 0. The van der Waals surface area contributed by atoms with Crippen LogP contribution < -0.4 is 38.9 Å². The maximum absolute atomic E-state index is 12.7. The molecule has 0 heterocycles. The molecule has 5 atom stereocenters. The number of carboxylic acids is 2. The van der Waals surface area contributed by atoms with E-state index in [0.29, 0.717) is 0 Å². The van der Waals surface area contributed by atoms with Crippen LogP contribution in [0.4, 0.5) is 0 Å². The van der Waals surface area contributed by atoms with Crippen LogP contribution in [-0.2, 0) is 28.8 Å². The van der Waals surface area contributed by atoms with Gasteiger partial charge in [-0.05, 0) is 19.8 Å². The summed E-state index contributed by atoms with van der Waals surface area (Å²) in [6, 6.07) is -6.30. The number of amides is 4. The number of hydrogen-bond donors (Lipinski definition) is 10. The monoisotopic (exact) mass is 504 g/mol. The van der Waals surface area contributed by atoms with Crippen LogP contribution in [0.1, 0.15) is 32.6 Å². The van der Waals surface area contributed by atoms with Crippen molar-refractivity contribution in [2.75, 3.05) is 6.54 Å². The van der Waals surface area contributed by atoms with Gasteiger partial charge in [0.1, 0.15) is 24.2 Å². The van der Waals surface area contributed by atoms with Crippen LogP contribution >= 0.6 is 0 Å². The first kappa shape index (κ1) is 31.0. The molecule has 0 aliphatic carbocycles. The van der Waals surface area contributed by atoms with E-state index in [1.807, 2.05) is 0 Å². The first-order chi connectivity index (χ1) is 16.1. The summed E-state index contributed by atoms with van der Waals surface area (Å²) >= 11 is 0. The van der Waals surface area contributed by atoms with Crippen molar-refractivity contribution >= 4 is 41.5 Å². The van der Waals surface area contributed by atoms with Gasteiger partial charge >= 0.3 is 11.9 Å². The highest BCUT2D eigenvalue weighted by atomic mass is 16.4. The van der Waals surface area contributed by atoms with E-state index in [9.17, 15) is 39.0 Å². The number of guanidine groups is 1. The molecule has 0 radical (unpaired) electrons. The lowest BCUT2D eigenvalue weighted by molar-refractivity contribution is -0.144. The van der Waals surface area contributed by atoms with Crippen LogP contribution in [0.25, 0.3) is 0 Å². The first-order valence-electron chi connectivity index (χ1n) is 10.3. The Bertz CT molecular complexity index is 829. The molecule has 17 nitrogen and oxygen atoms in total. The minimum absolute atomic E-state index is 0.0319. The number of aliphatic hydroxyl groups is 1. The topological polar surface area (TPSA) is 316 Å². The number of hydrogen-bond acceptors (Lipinski definition) is 9. The molecule has 0 bridgehead atoms. The molecule has 5 unspecified atom stereocenters. The zero-order valence-corrected chi connectivity index (χ0v) is 19.0. The summed E-state index contributed by atoms with van der Waals surface area (Å²) in [6.45, 7) is 1.24.